The Morgan fingerprint density at radius 3 is 2.73 bits per heavy atom. The fourth-order valence-electron chi connectivity index (χ4n) is 2.46. The molecule has 136 valence electrons. The number of pyridine rings is 1. The van der Waals surface area contributed by atoms with Gasteiger partial charge in [-0.05, 0) is 44.2 Å². The van der Waals surface area contributed by atoms with Crippen LogP contribution in [-0.2, 0) is 0 Å². The number of aromatic nitrogens is 1. The van der Waals surface area contributed by atoms with E-state index in [0.29, 0.717) is 22.8 Å². The molecule has 1 unspecified atom stereocenters. The van der Waals surface area contributed by atoms with Gasteiger partial charge in [0.15, 0.2) is 0 Å². The number of hydrogen-bond acceptors (Lipinski definition) is 5. The zero-order valence-electron chi connectivity index (χ0n) is 14.3. The van der Waals surface area contributed by atoms with Crippen molar-refractivity contribution in [3.05, 3.63) is 59.4 Å². The fourth-order valence-corrected chi connectivity index (χ4v) is 3.49. The van der Waals surface area contributed by atoms with E-state index in [0.717, 1.165) is 12.3 Å². The van der Waals surface area contributed by atoms with Crippen molar-refractivity contribution in [2.75, 3.05) is 11.1 Å². The summed E-state index contributed by atoms with van der Waals surface area (Å²) in [6.07, 6.45) is 0.962. The van der Waals surface area contributed by atoms with Crippen LogP contribution in [0.3, 0.4) is 0 Å². The molecule has 1 aliphatic rings. The number of carbonyl (C=O) groups is 1. The van der Waals surface area contributed by atoms with Crippen LogP contribution in [0.2, 0.25) is 0 Å². The zero-order valence-corrected chi connectivity index (χ0v) is 15.1. The number of anilines is 1. The van der Waals surface area contributed by atoms with Gasteiger partial charge in [-0.3, -0.25) is 9.79 Å². The summed E-state index contributed by atoms with van der Waals surface area (Å²) < 4.78 is 26.9. The summed E-state index contributed by atoms with van der Waals surface area (Å²) >= 11 is 1.60. The monoisotopic (exact) mass is 376 g/mol. The lowest BCUT2D eigenvalue weighted by atomic mass is 10.1. The van der Waals surface area contributed by atoms with Gasteiger partial charge in [0.25, 0.3) is 5.91 Å². The van der Waals surface area contributed by atoms with Crippen molar-refractivity contribution in [1.82, 2.24) is 4.98 Å². The minimum absolute atomic E-state index is 0.0644. The van der Waals surface area contributed by atoms with E-state index < -0.39 is 23.6 Å². The number of hydrogen-bond donors (Lipinski definition) is 2. The van der Waals surface area contributed by atoms with Crippen LogP contribution in [0, 0.1) is 11.6 Å². The molecule has 3 rings (SSSR count). The Morgan fingerprint density at radius 2 is 2.08 bits per heavy atom. The Morgan fingerprint density at radius 1 is 1.31 bits per heavy atom. The van der Waals surface area contributed by atoms with Gasteiger partial charge in [-0.15, -0.1) is 11.8 Å². The van der Waals surface area contributed by atoms with Gasteiger partial charge < -0.3 is 11.1 Å². The van der Waals surface area contributed by atoms with E-state index in [1.54, 1.807) is 11.8 Å². The summed E-state index contributed by atoms with van der Waals surface area (Å²) in [6, 6.07) is 6.27. The third kappa shape index (κ3) is 3.85. The highest BCUT2D eigenvalue weighted by Gasteiger charge is 2.31. The first-order valence-corrected chi connectivity index (χ1v) is 8.95. The van der Waals surface area contributed by atoms with Crippen LogP contribution in [-0.4, -0.2) is 27.2 Å². The molecule has 5 nitrogen and oxygen atoms in total. The summed E-state index contributed by atoms with van der Waals surface area (Å²) in [5, 5.41) is 2.63. The maximum atomic E-state index is 14.3. The van der Waals surface area contributed by atoms with E-state index in [-0.39, 0.29) is 10.4 Å². The molecule has 0 fully saturated rings. The number of thioether (sulfide) groups is 1. The van der Waals surface area contributed by atoms with E-state index in [2.05, 4.69) is 15.3 Å². The summed E-state index contributed by atoms with van der Waals surface area (Å²) in [5.41, 5.74) is 6.83. The maximum Gasteiger partial charge on any atom is 0.274 e. The van der Waals surface area contributed by atoms with Gasteiger partial charge >= 0.3 is 0 Å². The lowest BCUT2D eigenvalue weighted by molar-refractivity contribution is 0.102. The molecule has 0 radical (unpaired) electrons. The van der Waals surface area contributed by atoms with Crippen molar-refractivity contribution in [3.8, 4) is 0 Å². The molecule has 2 aromatic rings. The second-order valence-corrected chi connectivity index (χ2v) is 8.05. The zero-order chi connectivity index (χ0) is 18.9. The average molecular weight is 376 g/mol. The Bertz CT molecular complexity index is 868. The molecule has 8 heteroatoms. The molecular formula is C18H18F2N4OS. The second kappa shape index (κ2) is 7.03. The standard InChI is InChI=1S/C18H18F2N4OS/c1-18(2)17(21)24-15(9-26-18)12-7-11(4-5-13(12)20)23-16(25)14-6-3-10(19)8-22-14/h3-8,15H,9H2,1-2H3,(H2,21,24)(H,23,25). The maximum absolute atomic E-state index is 14.3. The fraction of sp³-hybridized carbons (Fsp3) is 0.278. The highest BCUT2D eigenvalue weighted by molar-refractivity contribution is 8.01. The number of amidine groups is 1. The molecule has 0 saturated carbocycles. The predicted molar refractivity (Wildman–Crippen MR) is 99.4 cm³/mol. The Hall–Kier alpha value is -2.48. The largest absolute Gasteiger partial charge is 0.386 e. The Labute approximate surface area is 154 Å². The van der Waals surface area contributed by atoms with Crippen molar-refractivity contribution < 1.29 is 13.6 Å². The van der Waals surface area contributed by atoms with Crippen molar-refractivity contribution >= 4 is 29.2 Å². The number of aliphatic imine (C=N–C) groups is 1. The molecule has 1 aliphatic heterocycles. The molecule has 0 aliphatic carbocycles. The molecule has 1 aromatic heterocycles. The first-order chi connectivity index (χ1) is 12.3. The number of nitrogens with two attached hydrogens (primary N) is 1. The van der Waals surface area contributed by atoms with E-state index in [4.69, 9.17) is 5.73 Å². The lowest BCUT2D eigenvalue weighted by Crippen LogP contribution is -2.39. The minimum Gasteiger partial charge on any atom is -0.386 e. The molecule has 1 aromatic carbocycles. The molecule has 2 heterocycles. The van der Waals surface area contributed by atoms with Crippen LogP contribution in [0.4, 0.5) is 14.5 Å². The summed E-state index contributed by atoms with van der Waals surface area (Å²) in [5.74, 6) is -0.405. The quantitative estimate of drug-likeness (QED) is 0.859. The highest BCUT2D eigenvalue weighted by atomic mass is 32.2. The van der Waals surface area contributed by atoms with Crippen LogP contribution in [0.5, 0.6) is 0 Å². The van der Waals surface area contributed by atoms with Crippen molar-refractivity contribution in [2.24, 2.45) is 10.7 Å². The van der Waals surface area contributed by atoms with Gasteiger partial charge in [0.2, 0.25) is 0 Å². The topological polar surface area (TPSA) is 80.4 Å². The number of amides is 1. The molecule has 3 N–H and O–H groups in total. The van der Waals surface area contributed by atoms with Crippen LogP contribution >= 0.6 is 11.8 Å². The SMILES string of the molecule is CC1(C)SCC(c2cc(NC(=O)c3ccc(F)cn3)ccc2F)N=C1N. The van der Waals surface area contributed by atoms with E-state index in [1.807, 2.05) is 13.8 Å². The van der Waals surface area contributed by atoms with Crippen molar-refractivity contribution in [3.63, 3.8) is 0 Å². The van der Waals surface area contributed by atoms with Gasteiger partial charge in [0.05, 0.1) is 17.0 Å². The second-order valence-electron chi connectivity index (χ2n) is 6.40. The third-order valence-corrected chi connectivity index (χ3v) is 5.50. The number of halogens is 2. The number of nitrogens with zero attached hydrogens (tertiary/aromatic N) is 2. The number of benzene rings is 1. The predicted octanol–water partition coefficient (Wildman–Crippen LogP) is 3.54. The third-order valence-electron chi connectivity index (χ3n) is 4.09. The molecule has 26 heavy (non-hydrogen) atoms. The van der Waals surface area contributed by atoms with Crippen LogP contribution in [0.15, 0.2) is 41.5 Å². The lowest BCUT2D eigenvalue weighted by Gasteiger charge is -2.31. The molecular weight excluding hydrogens is 358 g/mol. The molecule has 0 saturated heterocycles. The van der Waals surface area contributed by atoms with Crippen LogP contribution < -0.4 is 11.1 Å². The van der Waals surface area contributed by atoms with Gasteiger partial charge in [-0.25, -0.2) is 13.8 Å². The van der Waals surface area contributed by atoms with Gasteiger partial charge in [0, 0.05) is 17.0 Å². The van der Waals surface area contributed by atoms with Gasteiger partial charge in [-0.2, -0.15) is 0 Å². The summed E-state index contributed by atoms with van der Waals surface area (Å²) in [4.78, 5) is 20.3. The molecule has 0 bridgehead atoms. The average Bonchev–Trinajstić information content (AvgIpc) is 2.60. The van der Waals surface area contributed by atoms with Crippen molar-refractivity contribution in [2.45, 2.75) is 24.6 Å². The Balaban J connectivity index is 1.83. The van der Waals surface area contributed by atoms with E-state index in [1.165, 1.54) is 24.3 Å². The van der Waals surface area contributed by atoms with E-state index in [9.17, 15) is 13.6 Å². The molecule has 1 atom stereocenters. The number of nitrogens with one attached hydrogen (secondary N) is 1. The molecule has 0 spiro atoms. The van der Waals surface area contributed by atoms with Crippen molar-refractivity contribution in [1.29, 1.82) is 0 Å². The summed E-state index contributed by atoms with van der Waals surface area (Å²) in [6.45, 7) is 3.94. The van der Waals surface area contributed by atoms with Crippen LogP contribution in [0.1, 0.15) is 35.9 Å². The van der Waals surface area contributed by atoms with E-state index >= 15 is 0 Å². The van der Waals surface area contributed by atoms with Crippen LogP contribution in [0.25, 0.3) is 0 Å². The first-order valence-electron chi connectivity index (χ1n) is 7.96. The highest BCUT2D eigenvalue weighted by Crippen LogP contribution is 2.37. The van der Waals surface area contributed by atoms with Gasteiger partial charge in [-0.1, -0.05) is 0 Å². The number of rotatable bonds is 3. The summed E-state index contributed by atoms with van der Waals surface area (Å²) in [7, 11) is 0. The normalized spacial score (nSPS) is 18.9. The smallest absolute Gasteiger partial charge is 0.274 e. The molecule has 1 amide bonds. The number of carbonyl (C=O) groups excluding carboxylic acids is 1. The minimum atomic E-state index is -0.529. The first kappa shape index (κ1) is 18.3. The Kier molecular flexibility index (Phi) is 4.95. The van der Waals surface area contributed by atoms with Gasteiger partial charge in [0.1, 0.15) is 23.2 Å².